The number of hydrogen-bond acceptors (Lipinski definition) is 4. The summed E-state index contributed by atoms with van der Waals surface area (Å²) in [7, 11) is 1.98. The molecule has 0 spiro atoms. The van der Waals surface area contributed by atoms with Gasteiger partial charge in [-0.2, -0.15) is 5.26 Å². The van der Waals surface area contributed by atoms with Crippen molar-refractivity contribution >= 4 is 0 Å². The number of nitrogens with zero attached hydrogens (tertiary/aromatic N) is 3. The Balaban J connectivity index is 0.000000451. The van der Waals surface area contributed by atoms with Crippen LogP contribution in [0, 0.1) is 24.2 Å². The maximum absolute atomic E-state index is 8.34. The third-order valence-corrected chi connectivity index (χ3v) is 3.71. The Morgan fingerprint density at radius 2 is 2.12 bits per heavy atom. The van der Waals surface area contributed by atoms with E-state index in [2.05, 4.69) is 40.9 Å². The van der Waals surface area contributed by atoms with E-state index in [0.29, 0.717) is 5.56 Å². The zero-order valence-corrected chi connectivity index (χ0v) is 16.5. The van der Waals surface area contributed by atoms with Crippen LogP contribution in [-0.4, -0.2) is 36.6 Å². The molecule has 0 saturated heterocycles. The molecule has 0 amide bonds. The van der Waals surface area contributed by atoms with Crippen molar-refractivity contribution in [2.45, 2.75) is 40.5 Å². The van der Waals surface area contributed by atoms with E-state index in [1.54, 1.807) is 12.3 Å². The quantitative estimate of drug-likeness (QED) is 0.829. The molecule has 0 fully saturated rings. The van der Waals surface area contributed by atoms with Crippen LogP contribution < -0.4 is 5.32 Å². The average Bonchev–Trinajstić information content (AvgIpc) is 2.87. The maximum atomic E-state index is 8.34. The highest BCUT2D eigenvalue weighted by Crippen LogP contribution is 2.15. The number of rotatable bonds is 4. The topological polar surface area (TPSA) is 52.0 Å². The first kappa shape index (κ1) is 22.9. The Bertz CT molecular complexity index is 540. The third-order valence-electron chi connectivity index (χ3n) is 3.71. The van der Waals surface area contributed by atoms with Gasteiger partial charge in [0.1, 0.15) is 6.07 Å². The van der Waals surface area contributed by atoms with E-state index in [1.807, 2.05) is 40.0 Å². The van der Waals surface area contributed by atoms with E-state index in [0.717, 1.165) is 37.7 Å². The van der Waals surface area contributed by atoms with Gasteiger partial charge in [-0.3, -0.25) is 4.98 Å². The molecule has 0 aromatic carbocycles. The number of pyridine rings is 1. The second kappa shape index (κ2) is 14.2. The first-order valence-electron chi connectivity index (χ1n) is 9.12. The highest BCUT2D eigenvalue weighted by atomic mass is 15.1. The Kier molecular flexibility index (Phi) is 13.0. The lowest BCUT2D eigenvalue weighted by Gasteiger charge is -2.26. The lowest BCUT2D eigenvalue weighted by molar-refractivity contribution is 0.321. The summed E-state index contributed by atoms with van der Waals surface area (Å²) in [6.45, 7) is 15.5. The maximum Gasteiger partial charge on any atom is 0.101 e. The fraction of sp³-hybridized carbons (Fsp3) is 0.524. The summed E-state index contributed by atoms with van der Waals surface area (Å²) in [4.78, 5) is 6.32. The molecule has 0 aliphatic carbocycles. The van der Waals surface area contributed by atoms with Gasteiger partial charge in [0.05, 0.1) is 5.56 Å². The van der Waals surface area contributed by atoms with Gasteiger partial charge in [-0.1, -0.05) is 39.5 Å². The average molecular weight is 343 g/mol. The van der Waals surface area contributed by atoms with Crippen molar-refractivity contribution in [3.63, 3.8) is 0 Å². The van der Waals surface area contributed by atoms with E-state index in [4.69, 9.17) is 5.26 Å². The van der Waals surface area contributed by atoms with Crippen molar-refractivity contribution in [1.82, 2.24) is 15.2 Å². The summed E-state index contributed by atoms with van der Waals surface area (Å²) in [6, 6.07) is 5.56. The Labute approximate surface area is 154 Å². The lowest BCUT2D eigenvalue weighted by atomic mass is 10.1. The lowest BCUT2D eigenvalue weighted by Crippen LogP contribution is -2.28. The van der Waals surface area contributed by atoms with Crippen LogP contribution in [0.2, 0.25) is 0 Å². The Hall–Kier alpha value is -2.12. The molecular formula is C21H34N4. The number of aromatic nitrogens is 1. The van der Waals surface area contributed by atoms with Crippen LogP contribution in [0.15, 0.2) is 42.8 Å². The fourth-order valence-electron chi connectivity index (χ4n) is 2.28. The smallest absolute Gasteiger partial charge is 0.101 e. The van der Waals surface area contributed by atoms with Gasteiger partial charge in [0.25, 0.3) is 0 Å². The van der Waals surface area contributed by atoms with Crippen molar-refractivity contribution < 1.29 is 0 Å². The van der Waals surface area contributed by atoms with Crippen LogP contribution in [-0.2, 0) is 0 Å². The number of hydrogen-bond donors (Lipinski definition) is 1. The Morgan fingerprint density at radius 3 is 2.68 bits per heavy atom. The molecule has 1 atom stereocenters. The number of allylic oxidation sites excluding steroid dienone is 1. The van der Waals surface area contributed by atoms with Gasteiger partial charge in [0.2, 0.25) is 0 Å². The van der Waals surface area contributed by atoms with Crippen LogP contribution in [0.5, 0.6) is 0 Å². The molecule has 2 rings (SSSR count). The van der Waals surface area contributed by atoms with E-state index >= 15 is 0 Å². The molecule has 1 aromatic heterocycles. The van der Waals surface area contributed by atoms with Gasteiger partial charge < -0.3 is 10.2 Å². The molecule has 4 nitrogen and oxygen atoms in total. The van der Waals surface area contributed by atoms with E-state index in [1.165, 1.54) is 12.1 Å². The molecule has 0 radical (unpaired) electrons. The van der Waals surface area contributed by atoms with E-state index in [9.17, 15) is 0 Å². The molecule has 1 aliphatic rings. The second-order valence-electron chi connectivity index (χ2n) is 5.94. The normalized spacial score (nSPS) is 15.7. The summed E-state index contributed by atoms with van der Waals surface area (Å²) in [5, 5.41) is 11.5. The van der Waals surface area contributed by atoms with Gasteiger partial charge >= 0.3 is 0 Å². The van der Waals surface area contributed by atoms with E-state index < -0.39 is 0 Å². The zero-order valence-electron chi connectivity index (χ0n) is 16.5. The molecule has 1 aliphatic heterocycles. The molecule has 138 valence electrons. The molecule has 0 saturated carbocycles. The minimum Gasteiger partial charge on any atom is -0.371 e. The predicted molar refractivity (Wildman–Crippen MR) is 107 cm³/mol. The van der Waals surface area contributed by atoms with Crippen LogP contribution in [0.3, 0.4) is 0 Å². The summed E-state index contributed by atoms with van der Waals surface area (Å²) in [5.41, 5.74) is 2.81. The second-order valence-corrected chi connectivity index (χ2v) is 5.94. The minimum atomic E-state index is 0.612. The summed E-state index contributed by atoms with van der Waals surface area (Å²) in [6.07, 6.45) is 8.37. The van der Waals surface area contributed by atoms with E-state index in [-0.39, 0.29) is 0 Å². The SMILES string of the molecule is C=C(CCNC)N1CC=CCC(C)C1.CC.Cc1ccc(C#N)cn1. The molecule has 1 unspecified atom stereocenters. The standard InChI is InChI=1S/C12H22N2.C7H6N2.C2H6/c1-11-6-4-5-9-14(10-11)12(2)7-8-13-3;1-6-2-3-7(4-8)5-9-6;1-2/h4-5,11,13H,2,6-10H2,1,3H3;2-3,5H,1H3;1-2H3. The molecule has 25 heavy (non-hydrogen) atoms. The van der Waals surface area contributed by atoms with Gasteiger partial charge in [0, 0.05) is 37.2 Å². The molecule has 1 N–H and O–H groups in total. The van der Waals surface area contributed by atoms with Gasteiger partial charge in [-0.15, -0.1) is 0 Å². The Morgan fingerprint density at radius 1 is 1.40 bits per heavy atom. The van der Waals surface area contributed by atoms with Crippen molar-refractivity contribution in [2.75, 3.05) is 26.7 Å². The monoisotopic (exact) mass is 342 g/mol. The first-order valence-corrected chi connectivity index (χ1v) is 9.12. The molecule has 4 heteroatoms. The summed E-state index contributed by atoms with van der Waals surface area (Å²) in [5.74, 6) is 0.750. The van der Waals surface area contributed by atoms with Crippen LogP contribution in [0.25, 0.3) is 0 Å². The molecule has 0 bridgehead atoms. The van der Waals surface area contributed by atoms with Gasteiger partial charge in [-0.25, -0.2) is 0 Å². The van der Waals surface area contributed by atoms with Crippen LogP contribution in [0.4, 0.5) is 0 Å². The largest absolute Gasteiger partial charge is 0.371 e. The van der Waals surface area contributed by atoms with Crippen molar-refractivity contribution in [2.24, 2.45) is 5.92 Å². The molecule has 2 heterocycles. The number of nitrogens with one attached hydrogen (secondary N) is 1. The number of aryl methyl sites for hydroxylation is 1. The summed E-state index contributed by atoms with van der Waals surface area (Å²) < 4.78 is 0. The number of nitriles is 1. The van der Waals surface area contributed by atoms with Crippen molar-refractivity contribution in [3.8, 4) is 6.07 Å². The van der Waals surface area contributed by atoms with Crippen LogP contribution in [0.1, 0.15) is 44.9 Å². The summed E-state index contributed by atoms with van der Waals surface area (Å²) >= 11 is 0. The fourth-order valence-corrected chi connectivity index (χ4v) is 2.28. The minimum absolute atomic E-state index is 0.612. The highest BCUT2D eigenvalue weighted by molar-refractivity contribution is 5.25. The van der Waals surface area contributed by atoms with Gasteiger partial charge in [-0.05, 0) is 44.9 Å². The molecule has 1 aromatic rings. The first-order chi connectivity index (χ1) is 12.1. The van der Waals surface area contributed by atoms with Crippen molar-refractivity contribution in [3.05, 3.63) is 54.0 Å². The van der Waals surface area contributed by atoms with Gasteiger partial charge in [0.15, 0.2) is 0 Å². The van der Waals surface area contributed by atoms with Crippen LogP contribution >= 0.6 is 0 Å². The molecular weight excluding hydrogens is 308 g/mol. The predicted octanol–water partition coefficient (Wildman–Crippen LogP) is 4.30. The van der Waals surface area contributed by atoms with Crippen molar-refractivity contribution in [1.29, 1.82) is 5.26 Å². The third kappa shape index (κ3) is 10.4. The zero-order chi connectivity index (χ0) is 19.1. The highest BCUT2D eigenvalue weighted by Gasteiger charge is 2.12.